The number of rotatable bonds is 58. The lowest BCUT2D eigenvalue weighted by atomic mass is 10.0. The first-order chi connectivity index (χ1) is 38.0. The Morgan fingerprint density at radius 2 is 0.731 bits per heavy atom. The van der Waals surface area contributed by atoms with Gasteiger partial charge in [-0.3, -0.25) is 18.6 Å². The molecule has 0 radical (unpaired) electrons. The summed E-state index contributed by atoms with van der Waals surface area (Å²) in [5, 5.41) is 0. The van der Waals surface area contributed by atoms with Gasteiger partial charge in [0.25, 0.3) is 0 Å². The Balaban J connectivity index is 4.13. The van der Waals surface area contributed by atoms with Crippen LogP contribution in [0, 0.1) is 0 Å². The Bertz CT molecular complexity index is 1640. The highest BCUT2D eigenvalue weighted by Crippen LogP contribution is 2.43. The van der Waals surface area contributed by atoms with Gasteiger partial charge in [-0.2, -0.15) is 0 Å². The van der Waals surface area contributed by atoms with Crippen molar-refractivity contribution in [1.29, 1.82) is 0 Å². The third kappa shape index (κ3) is 62.1. The molecule has 0 rings (SSSR count). The van der Waals surface area contributed by atoms with Gasteiger partial charge < -0.3 is 18.9 Å². The molecule has 450 valence electrons. The van der Waals surface area contributed by atoms with Crippen LogP contribution in [-0.2, 0) is 32.7 Å². The molecule has 2 unspecified atom stereocenters. The fourth-order valence-electron chi connectivity index (χ4n) is 8.70. The smallest absolute Gasteiger partial charge is 0.462 e. The fraction of sp³-hybridized carbons (Fsp3) is 0.735. The number of likely N-dealkylation sites (N-methyl/N-ethyl adjacent to an activating group) is 1. The standard InChI is InChI=1S/C68H120NO8P/c1-6-8-10-12-14-16-18-20-22-24-26-28-30-32-33-34-35-37-38-40-42-44-46-48-50-52-54-56-58-60-67(70)74-64-66(65-76-78(72,73)75-63-62-69(3,4)5)77-68(71)61-59-57-55-53-51-49-47-45-43-41-39-36-31-29-27-25-23-21-19-17-15-13-11-9-7-2/h9,11,15,17-18,20-21,23-24,26-27,29-30,32,36,39,66H,6-8,10,12-14,16,19,22,25,28,31,33-35,37-38,40-65H2,1-5H3/p+1/b11-9-,17-15-,20-18-,23-21-,26-24-,29-27-,32-30-,39-36-. The zero-order valence-electron chi connectivity index (χ0n) is 51.1. The van der Waals surface area contributed by atoms with Crippen molar-refractivity contribution in [3.63, 3.8) is 0 Å². The number of quaternary nitrogens is 1. The van der Waals surface area contributed by atoms with E-state index in [1.54, 1.807) is 0 Å². The molecule has 0 aliphatic heterocycles. The van der Waals surface area contributed by atoms with E-state index in [9.17, 15) is 19.0 Å². The van der Waals surface area contributed by atoms with Crippen LogP contribution in [0.25, 0.3) is 0 Å². The van der Waals surface area contributed by atoms with Crippen LogP contribution < -0.4 is 0 Å². The maximum atomic E-state index is 12.8. The number of hydrogen-bond donors (Lipinski definition) is 1. The predicted octanol–water partition coefficient (Wildman–Crippen LogP) is 20.4. The summed E-state index contributed by atoms with van der Waals surface area (Å²) in [4.78, 5) is 35.8. The number of phosphoric acid groups is 1. The van der Waals surface area contributed by atoms with Crippen molar-refractivity contribution in [2.45, 2.75) is 277 Å². The molecule has 0 amide bonds. The minimum absolute atomic E-state index is 0.0264. The Kier molecular flexibility index (Phi) is 56.3. The van der Waals surface area contributed by atoms with E-state index in [0.29, 0.717) is 17.4 Å². The molecular weight excluding hydrogens is 990 g/mol. The number of nitrogens with zero attached hydrogens (tertiary/aromatic N) is 1. The lowest BCUT2D eigenvalue weighted by Crippen LogP contribution is -2.37. The summed E-state index contributed by atoms with van der Waals surface area (Å²) in [6.07, 6.45) is 80.5. The van der Waals surface area contributed by atoms with Crippen LogP contribution in [0.1, 0.15) is 271 Å². The zero-order chi connectivity index (χ0) is 57.0. The van der Waals surface area contributed by atoms with Gasteiger partial charge in [0, 0.05) is 12.8 Å². The molecular formula is C68H121NO8P+. The van der Waals surface area contributed by atoms with Gasteiger partial charge in [0.2, 0.25) is 0 Å². The van der Waals surface area contributed by atoms with Gasteiger partial charge in [0.1, 0.15) is 19.8 Å². The van der Waals surface area contributed by atoms with Crippen LogP contribution >= 0.6 is 7.82 Å². The third-order valence-electron chi connectivity index (χ3n) is 13.6. The molecule has 2 atom stereocenters. The Morgan fingerprint density at radius 1 is 0.410 bits per heavy atom. The van der Waals surface area contributed by atoms with Crippen LogP contribution in [0.4, 0.5) is 0 Å². The zero-order valence-corrected chi connectivity index (χ0v) is 52.0. The lowest BCUT2D eigenvalue weighted by Gasteiger charge is -2.24. The molecule has 9 nitrogen and oxygen atoms in total. The van der Waals surface area contributed by atoms with Crippen molar-refractivity contribution >= 4 is 19.8 Å². The number of allylic oxidation sites excluding steroid dienone is 16. The van der Waals surface area contributed by atoms with Gasteiger partial charge in [-0.05, 0) is 96.3 Å². The molecule has 0 bridgehead atoms. The van der Waals surface area contributed by atoms with Crippen molar-refractivity contribution in [1.82, 2.24) is 0 Å². The van der Waals surface area contributed by atoms with Crippen LogP contribution in [0.5, 0.6) is 0 Å². The second-order valence-corrected chi connectivity index (χ2v) is 23.9. The van der Waals surface area contributed by atoms with E-state index in [1.165, 1.54) is 148 Å². The number of phosphoric ester groups is 1. The largest absolute Gasteiger partial charge is 0.472 e. The molecule has 0 aromatic rings. The van der Waals surface area contributed by atoms with E-state index in [1.807, 2.05) is 21.1 Å². The number of ether oxygens (including phenoxy) is 2. The highest BCUT2D eigenvalue weighted by atomic mass is 31.2. The maximum absolute atomic E-state index is 12.8. The minimum atomic E-state index is -4.40. The van der Waals surface area contributed by atoms with E-state index in [4.69, 9.17) is 18.5 Å². The van der Waals surface area contributed by atoms with E-state index < -0.39 is 26.5 Å². The summed E-state index contributed by atoms with van der Waals surface area (Å²) >= 11 is 0. The normalized spacial score (nSPS) is 13.9. The van der Waals surface area contributed by atoms with Crippen LogP contribution in [0.15, 0.2) is 97.2 Å². The second kappa shape index (κ2) is 58.6. The summed E-state index contributed by atoms with van der Waals surface area (Å²) in [6, 6.07) is 0. The molecule has 0 saturated heterocycles. The van der Waals surface area contributed by atoms with Crippen molar-refractivity contribution in [2.75, 3.05) is 47.5 Å². The van der Waals surface area contributed by atoms with Gasteiger partial charge in [-0.25, -0.2) is 4.57 Å². The molecule has 1 N–H and O–H groups in total. The van der Waals surface area contributed by atoms with Gasteiger partial charge in [0.05, 0.1) is 27.7 Å². The highest BCUT2D eigenvalue weighted by molar-refractivity contribution is 7.47. The molecule has 0 fully saturated rings. The highest BCUT2D eigenvalue weighted by Gasteiger charge is 2.27. The first-order valence-corrected chi connectivity index (χ1v) is 33.5. The maximum Gasteiger partial charge on any atom is 0.472 e. The van der Waals surface area contributed by atoms with Gasteiger partial charge in [-0.15, -0.1) is 0 Å². The average Bonchev–Trinajstić information content (AvgIpc) is 3.40. The topological polar surface area (TPSA) is 108 Å². The van der Waals surface area contributed by atoms with Crippen molar-refractivity contribution in [3.8, 4) is 0 Å². The molecule has 78 heavy (non-hydrogen) atoms. The molecule has 0 heterocycles. The number of carbonyl (C=O) groups is 2. The summed E-state index contributed by atoms with van der Waals surface area (Å²) < 4.78 is 34.7. The van der Waals surface area contributed by atoms with Crippen molar-refractivity contribution in [3.05, 3.63) is 97.2 Å². The van der Waals surface area contributed by atoms with Crippen molar-refractivity contribution in [2.24, 2.45) is 0 Å². The number of esters is 2. The summed E-state index contributed by atoms with van der Waals surface area (Å²) in [6.45, 7) is 4.32. The summed E-state index contributed by atoms with van der Waals surface area (Å²) in [5.74, 6) is -0.803. The lowest BCUT2D eigenvalue weighted by molar-refractivity contribution is -0.870. The predicted molar refractivity (Wildman–Crippen MR) is 335 cm³/mol. The van der Waals surface area contributed by atoms with Gasteiger partial charge in [0.15, 0.2) is 6.10 Å². The molecule has 0 aromatic heterocycles. The first-order valence-electron chi connectivity index (χ1n) is 32.0. The number of carbonyl (C=O) groups excluding carboxylic acids is 2. The minimum Gasteiger partial charge on any atom is -0.462 e. The average molecular weight is 1110 g/mol. The second-order valence-electron chi connectivity index (χ2n) is 22.4. The molecule has 10 heteroatoms. The Labute approximate surface area is 481 Å². The van der Waals surface area contributed by atoms with Crippen molar-refractivity contribution < 1.29 is 42.1 Å². The van der Waals surface area contributed by atoms with Crippen LogP contribution in [0.2, 0.25) is 0 Å². The van der Waals surface area contributed by atoms with Crippen LogP contribution in [0.3, 0.4) is 0 Å². The summed E-state index contributed by atoms with van der Waals surface area (Å²) in [7, 11) is 1.47. The molecule has 0 spiro atoms. The quantitative estimate of drug-likeness (QED) is 0.0211. The van der Waals surface area contributed by atoms with Crippen LogP contribution in [-0.4, -0.2) is 74.9 Å². The van der Waals surface area contributed by atoms with E-state index in [2.05, 4.69) is 111 Å². The Hall–Kier alpha value is -3.07. The van der Waals surface area contributed by atoms with Gasteiger partial charge >= 0.3 is 19.8 Å². The SMILES string of the molecule is CC/C=C\C/C=C\C/C=C\C/C=C\C/C=C\CCCCCCCCCCCC(=O)OC(COC(=O)CCCCCCCCCCCCCCCC/C=C\C/C=C\C/C=C\CCCCCCC)COP(=O)(O)OCC[N+](C)(C)C. The van der Waals surface area contributed by atoms with E-state index in [-0.39, 0.29) is 32.0 Å². The molecule has 0 aromatic carbocycles. The molecule has 0 saturated carbocycles. The number of hydrogen-bond acceptors (Lipinski definition) is 7. The van der Waals surface area contributed by atoms with E-state index in [0.717, 1.165) is 89.9 Å². The molecule has 0 aliphatic rings. The van der Waals surface area contributed by atoms with Gasteiger partial charge in [-0.1, -0.05) is 259 Å². The monoisotopic (exact) mass is 1110 g/mol. The third-order valence-corrected chi connectivity index (χ3v) is 14.6. The fourth-order valence-corrected chi connectivity index (χ4v) is 9.44. The first kappa shape index (κ1) is 74.9. The van der Waals surface area contributed by atoms with E-state index >= 15 is 0 Å². The Morgan fingerprint density at radius 3 is 1.09 bits per heavy atom. The number of unbranched alkanes of at least 4 members (excludes halogenated alkanes) is 28. The summed E-state index contributed by atoms with van der Waals surface area (Å²) in [5.41, 5.74) is 0. The molecule has 0 aliphatic carbocycles.